The first kappa shape index (κ1) is 35.0. The van der Waals surface area contributed by atoms with Crippen LogP contribution in [-0.4, -0.2) is 0 Å². The molecule has 0 bridgehead atoms. The van der Waals surface area contributed by atoms with E-state index in [1.54, 1.807) is 0 Å². The van der Waals surface area contributed by atoms with Crippen molar-refractivity contribution in [1.29, 1.82) is 0 Å². The Morgan fingerprint density at radius 2 is 0.967 bits per heavy atom. The highest BCUT2D eigenvalue weighted by Gasteiger charge is 2.46. The second-order valence-corrected chi connectivity index (χ2v) is 17.9. The summed E-state index contributed by atoms with van der Waals surface area (Å²) in [5.41, 5.74) is 18.3. The Morgan fingerprint density at radius 1 is 0.383 bits per heavy atom. The average molecular weight is 784 g/mol. The molecular formula is C58H41NS. The van der Waals surface area contributed by atoms with E-state index in [-0.39, 0.29) is 5.41 Å². The Morgan fingerprint density at radius 3 is 1.73 bits per heavy atom. The zero-order valence-corrected chi connectivity index (χ0v) is 34.4. The normalized spacial score (nSPS) is 14.1. The van der Waals surface area contributed by atoms with Gasteiger partial charge in [-0.2, -0.15) is 0 Å². The molecule has 0 fully saturated rings. The van der Waals surface area contributed by atoms with Crippen molar-refractivity contribution in [2.45, 2.75) is 24.7 Å². The van der Waals surface area contributed by atoms with Crippen molar-refractivity contribution in [3.63, 3.8) is 0 Å². The SMILES string of the molecule is CC1(C)c2ccccc2-c2c(N(c3ccc(-c4ccc5c(c4)sc4ccccc45)cc3)c3ccc4c(c3)C(c3ccccc3)(c3ccccc3)c3ccccc3-4)cccc21. The van der Waals surface area contributed by atoms with Crippen molar-refractivity contribution in [3.8, 4) is 33.4 Å². The van der Waals surface area contributed by atoms with Crippen LogP contribution in [0.15, 0.2) is 212 Å². The summed E-state index contributed by atoms with van der Waals surface area (Å²) in [6.45, 7) is 4.74. The van der Waals surface area contributed by atoms with Gasteiger partial charge >= 0.3 is 0 Å². The smallest absolute Gasteiger partial charge is 0.0714 e. The van der Waals surface area contributed by atoms with Crippen molar-refractivity contribution in [2.24, 2.45) is 0 Å². The topological polar surface area (TPSA) is 3.24 Å². The van der Waals surface area contributed by atoms with Crippen LogP contribution in [0.1, 0.15) is 47.2 Å². The fourth-order valence-electron chi connectivity index (χ4n) is 10.6. The largest absolute Gasteiger partial charge is 0.310 e. The fraction of sp³-hybridized carbons (Fsp3) is 0.0690. The van der Waals surface area contributed by atoms with Crippen LogP contribution in [0.4, 0.5) is 17.1 Å². The number of hydrogen-bond donors (Lipinski definition) is 0. The van der Waals surface area contributed by atoms with Gasteiger partial charge in [0.05, 0.1) is 11.1 Å². The van der Waals surface area contributed by atoms with Crippen LogP contribution in [0.2, 0.25) is 0 Å². The summed E-state index contributed by atoms with van der Waals surface area (Å²) in [6, 6.07) is 79.3. The van der Waals surface area contributed by atoms with E-state index in [4.69, 9.17) is 0 Å². The number of anilines is 3. The Kier molecular flexibility index (Phi) is 7.73. The Hall–Kier alpha value is -7.00. The molecule has 0 aliphatic heterocycles. The summed E-state index contributed by atoms with van der Waals surface area (Å²) >= 11 is 1.87. The molecule has 0 atom stereocenters. The van der Waals surface area contributed by atoms with E-state index in [0.29, 0.717) is 0 Å². The molecule has 60 heavy (non-hydrogen) atoms. The Balaban J connectivity index is 1.09. The van der Waals surface area contributed by atoms with E-state index in [1.807, 2.05) is 11.3 Å². The number of thiophene rings is 1. The summed E-state index contributed by atoms with van der Waals surface area (Å²) < 4.78 is 2.65. The lowest BCUT2D eigenvalue weighted by atomic mass is 9.67. The molecule has 1 aromatic heterocycles. The second kappa shape index (κ2) is 13.3. The lowest BCUT2D eigenvalue weighted by molar-refractivity contribution is 0.660. The first-order valence-corrected chi connectivity index (χ1v) is 21.7. The highest BCUT2D eigenvalue weighted by atomic mass is 32.1. The first-order valence-electron chi connectivity index (χ1n) is 20.9. The highest BCUT2D eigenvalue weighted by Crippen LogP contribution is 2.59. The molecule has 12 rings (SSSR count). The van der Waals surface area contributed by atoms with Gasteiger partial charge in [0.25, 0.3) is 0 Å². The van der Waals surface area contributed by atoms with Gasteiger partial charge in [-0.05, 0) is 104 Å². The lowest BCUT2D eigenvalue weighted by Gasteiger charge is -2.35. The third-order valence-corrected chi connectivity index (χ3v) is 14.5. The van der Waals surface area contributed by atoms with Gasteiger partial charge in [-0.25, -0.2) is 0 Å². The van der Waals surface area contributed by atoms with Crippen LogP contribution in [0.5, 0.6) is 0 Å². The number of hydrogen-bond acceptors (Lipinski definition) is 2. The number of fused-ring (bicyclic) bond motifs is 9. The average Bonchev–Trinajstić information content (AvgIpc) is 3.91. The van der Waals surface area contributed by atoms with Crippen molar-refractivity contribution in [2.75, 3.05) is 4.90 Å². The van der Waals surface area contributed by atoms with E-state index in [0.717, 1.165) is 11.4 Å². The zero-order valence-electron chi connectivity index (χ0n) is 33.6. The first-order chi connectivity index (χ1) is 29.5. The fourth-order valence-corrected chi connectivity index (χ4v) is 11.8. The quantitative estimate of drug-likeness (QED) is 0.162. The zero-order chi connectivity index (χ0) is 40.0. The van der Waals surface area contributed by atoms with Gasteiger partial charge in [0.15, 0.2) is 0 Å². The predicted molar refractivity (Wildman–Crippen MR) is 254 cm³/mol. The molecule has 0 amide bonds. The molecule has 1 heterocycles. The maximum Gasteiger partial charge on any atom is 0.0714 e. The minimum atomic E-state index is -0.502. The van der Waals surface area contributed by atoms with Gasteiger partial charge in [-0.3, -0.25) is 0 Å². The second-order valence-electron chi connectivity index (χ2n) is 16.8. The van der Waals surface area contributed by atoms with Crippen molar-refractivity contribution in [1.82, 2.24) is 0 Å². The molecule has 0 saturated heterocycles. The van der Waals surface area contributed by atoms with Gasteiger partial charge < -0.3 is 4.90 Å². The molecule has 9 aromatic carbocycles. The molecule has 1 nitrogen and oxygen atoms in total. The maximum atomic E-state index is 2.51. The van der Waals surface area contributed by atoms with Gasteiger partial charge in [-0.15, -0.1) is 11.3 Å². The van der Waals surface area contributed by atoms with E-state index < -0.39 is 5.41 Å². The van der Waals surface area contributed by atoms with Crippen LogP contribution in [-0.2, 0) is 10.8 Å². The summed E-state index contributed by atoms with van der Waals surface area (Å²) in [5, 5.41) is 2.65. The van der Waals surface area contributed by atoms with E-state index in [2.05, 4.69) is 231 Å². The van der Waals surface area contributed by atoms with E-state index in [9.17, 15) is 0 Å². The molecule has 2 aliphatic rings. The predicted octanol–water partition coefficient (Wildman–Crippen LogP) is 15.9. The summed E-state index contributed by atoms with van der Waals surface area (Å²) in [5.74, 6) is 0. The molecule has 0 unspecified atom stereocenters. The maximum absolute atomic E-state index is 2.51. The molecule has 0 saturated carbocycles. The monoisotopic (exact) mass is 783 g/mol. The summed E-state index contributed by atoms with van der Waals surface area (Å²) in [7, 11) is 0. The van der Waals surface area contributed by atoms with Gasteiger partial charge in [-0.1, -0.05) is 184 Å². The minimum Gasteiger partial charge on any atom is -0.310 e. The van der Waals surface area contributed by atoms with Crippen LogP contribution >= 0.6 is 11.3 Å². The van der Waals surface area contributed by atoms with Crippen LogP contribution < -0.4 is 4.90 Å². The molecule has 2 aliphatic carbocycles. The third kappa shape index (κ3) is 4.98. The molecule has 284 valence electrons. The van der Waals surface area contributed by atoms with Gasteiger partial charge in [0.1, 0.15) is 0 Å². The molecule has 2 heteroatoms. The van der Waals surface area contributed by atoms with Gasteiger partial charge in [0.2, 0.25) is 0 Å². The molecule has 0 radical (unpaired) electrons. The molecule has 0 N–H and O–H groups in total. The molecule has 10 aromatic rings. The summed E-state index contributed by atoms with van der Waals surface area (Å²) in [6.07, 6.45) is 0. The Bertz CT molecular complexity index is 3240. The standard InChI is InChI=1S/C58H41NS/c1-57(2)49-23-12-10-22-48(49)56-51(57)25-15-26-53(56)59(42-31-28-38(29-32-42)39-30-34-47-46-21-11-14-27-54(46)60-55(47)36-39)43-33-35-45-44-20-9-13-24-50(44)58(52(45)37-43,40-16-5-3-6-17-40)41-18-7-4-8-19-41/h3-37H,1-2H3. The molecule has 0 spiro atoms. The number of nitrogens with zero attached hydrogens (tertiary/aromatic N) is 1. The third-order valence-electron chi connectivity index (χ3n) is 13.4. The highest BCUT2D eigenvalue weighted by molar-refractivity contribution is 7.25. The minimum absolute atomic E-state index is 0.127. The number of rotatable bonds is 6. The summed E-state index contributed by atoms with van der Waals surface area (Å²) in [4.78, 5) is 2.51. The Labute approximate surface area is 355 Å². The van der Waals surface area contributed by atoms with Crippen LogP contribution in [0.25, 0.3) is 53.6 Å². The van der Waals surface area contributed by atoms with E-state index in [1.165, 1.54) is 92.6 Å². The van der Waals surface area contributed by atoms with Gasteiger partial charge in [0, 0.05) is 42.5 Å². The molecular weight excluding hydrogens is 743 g/mol. The van der Waals surface area contributed by atoms with Crippen LogP contribution in [0, 0.1) is 0 Å². The van der Waals surface area contributed by atoms with Crippen molar-refractivity contribution in [3.05, 3.63) is 246 Å². The van der Waals surface area contributed by atoms with Crippen molar-refractivity contribution < 1.29 is 0 Å². The lowest BCUT2D eigenvalue weighted by Crippen LogP contribution is -2.28. The van der Waals surface area contributed by atoms with Crippen LogP contribution in [0.3, 0.4) is 0 Å². The van der Waals surface area contributed by atoms with E-state index >= 15 is 0 Å². The number of benzene rings is 9. The van der Waals surface area contributed by atoms with Crippen molar-refractivity contribution >= 4 is 48.6 Å².